The normalized spacial score (nSPS) is 20.6. The molecular formula is C18H43NO4Si2. The van der Waals surface area contributed by atoms with Gasteiger partial charge in [-0.15, -0.1) is 0 Å². The maximum absolute atomic E-state index is 6.62. The molecule has 0 radical (unpaired) electrons. The van der Waals surface area contributed by atoms with E-state index in [9.17, 15) is 0 Å². The Bertz CT molecular complexity index is 313. The molecular weight excluding hydrogens is 350 g/mol. The summed E-state index contributed by atoms with van der Waals surface area (Å²) in [4.78, 5) is 0. The number of hydrogen-bond acceptors (Lipinski definition) is 5. The van der Waals surface area contributed by atoms with Gasteiger partial charge in [-0.1, -0.05) is 13.8 Å². The summed E-state index contributed by atoms with van der Waals surface area (Å²) in [6.07, 6.45) is 2.26. The fourth-order valence-corrected chi connectivity index (χ4v) is 4.71. The molecule has 0 spiro atoms. The van der Waals surface area contributed by atoms with E-state index in [0.29, 0.717) is 0 Å². The highest BCUT2D eigenvalue weighted by Gasteiger charge is 2.37. The first kappa shape index (κ1) is 25.2. The van der Waals surface area contributed by atoms with E-state index >= 15 is 0 Å². The molecule has 0 aromatic carbocycles. The Morgan fingerprint density at radius 1 is 0.760 bits per heavy atom. The Balaban J connectivity index is 4.66. The second kappa shape index (κ2) is 12.6. The number of nitrogens with two attached hydrogens (primary N) is 1. The Labute approximate surface area is 160 Å². The van der Waals surface area contributed by atoms with Crippen LogP contribution in [0.2, 0.25) is 0 Å². The molecule has 0 fully saturated rings. The summed E-state index contributed by atoms with van der Waals surface area (Å²) in [6, 6.07) is 0. The van der Waals surface area contributed by atoms with Crippen LogP contribution >= 0.6 is 0 Å². The van der Waals surface area contributed by atoms with E-state index in [1.165, 1.54) is 0 Å². The highest BCUT2D eigenvalue weighted by molar-refractivity contribution is 6.29. The summed E-state index contributed by atoms with van der Waals surface area (Å²) >= 11 is 0. The molecule has 25 heavy (non-hydrogen) atoms. The zero-order chi connectivity index (χ0) is 19.6. The van der Waals surface area contributed by atoms with Crippen LogP contribution in [0.25, 0.3) is 0 Å². The number of ether oxygens (including phenoxy) is 2. The van der Waals surface area contributed by atoms with Crippen molar-refractivity contribution in [2.45, 2.75) is 117 Å². The lowest BCUT2D eigenvalue weighted by molar-refractivity contribution is -0.0828. The molecule has 7 heteroatoms. The first-order valence-electron chi connectivity index (χ1n) is 9.87. The van der Waals surface area contributed by atoms with Crippen LogP contribution in [-0.4, -0.2) is 60.9 Å². The van der Waals surface area contributed by atoms with Gasteiger partial charge in [0.1, 0.15) is 0 Å². The van der Waals surface area contributed by atoms with Gasteiger partial charge in [0.05, 0.1) is 29.2 Å². The van der Waals surface area contributed by atoms with Crippen molar-refractivity contribution in [2.24, 2.45) is 5.73 Å². The summed E-state index contributed by atoms with van der Waals surface area (Å²) < 4.78 is 24.2. The summed E-state index contributed by atoms with van der Waals surface area (Å²) in [5.41, 5.74) is 6.44. The third-order valence-electron chi connectivity index (χ3n) is 4.69. The SMILES string of the molecule is CCC(OC(C)C(C)(N)C(C)OC(CC)[SiH2]OC(C)C)[SiH2]OC(C)C. The second-order valence-electron chi connectivity index (χ2n) is 7.75. The highest BCUT2D eigenvalue weighted by Crippen LogP contribution is 2.21. The molecule has 0 amide bonds. The highest BCUT2D eigenvalue weighted by atomic mass is 28.2. The third-order valence-corrected chi connectivity index (χ3v) is 8.69. The molecule has 0 aromatic heterocycles. The average Bonchev–Trinajstić information content (AvgIpc) is 2.54. The van der Waals surface area contributed by atoms with E-state index in [2.05, 4.69) is 55.4 Å². The molecule has 0 saturated heterocycles. The molecule has 5 nitrogen and oxygen atoms in total. The van der Waals surface area contributed by atoms with Gasteiger partial charge in [0.2, 0.25) is 0 Å². The van der Waals surface area contributed by atoms with Crippen LogP contribution in [0.4, 0.5) is 0 Å². The zero-order valence-corrected chi connectivity index (χ0v) is 20.8. The van der Waals surface area contributed by atoms with Crippen LogP contribution in [0, 0.1) is 0 Å². The standard InChI is InChI=1S/C18H43NO4Si2/c1-10-16(24-22-12(3)4)20-14(7)18(9,19)15(8)21-17(11-2)25-23-13(5)6/h12-17H,10-11,19,24-25H2,1-9H3. The molecule has 0 aromatic rings. The quantitative estimate of drug-likeness (QED) is 0.457. The van der Waals surface area contributed by atoms with E-state index in [0.717, 1.165) is 12.8 Å². The Morgan fingerprint density at radius 3 is 1.32 bits per heavy atom. The van der Waals surface area contributed by atoms with Crippen molar-refractivity contribution in [3.05, 3.63) is 0 Å². The van der Waals surface area contributed by atoms with Crippen molar-refractivity contribution < 1.29 is 18.3 Å². The van der Waals surface area contributed by atoms with Crippen LogP contribution in [-0.2, 0) is 18.3 Å². The summed E-state index contributed by atoms with van der Waals surface area (Å²) in [5, 5.41) is 0. The molecule has 152 valence electrons. The maximum atomic E-state index is 6.62. The summed E-state index contributed by atoms with van der Waals surface area (Å²) in [7, 11) is -1.45. The van der Waals surface area contributed by atoms with E-state index in [1.807, 2.05) is 6.92 Å². The number of rotatable bonds is 14. The molecule has 0 aliphatic rings. The van der Waals surface area contributed by atoms with Gasteiger partial charge < -0.3 is 24.1 Å². The molecule has 0 aliphatic heterocycles. The molecule has 0 heterocycles. The van der Waals surface area contributed by atoms with E-state index in [4.69, 9.17) is 24.1 Å². The lowest BCUT2D eigenvalue weighted by Crippen LogP contribution is -2.58. The maximum Gasteiger partial charge on any atom is 0.190 e. The topological polar surface area (TPSA) is 62.9 Å². The second-order valence-corrected chi connectivity index (χ2v) is 10.9. The largest absolute Gasteiger partial charge is 0.419 e. The Hall–Kier alpha value is 0.234. The van der Waals surface area contributed by atoms with Gasteiger partial charge in [0.25, 0.3) is 0 Å². The van der Waals surface area contributed by atoms with Crippen molar-refractivity contribution in [3.8, 4) is 0 Å². The van der Waals surface area contributed by atoms with Gasteiger partial charge in [0, 0.05) is 12.2 Å². The van der Waals surface area contributed by atoms with Gasteiger partial charge in [0.15, 0.2) is 19.5 Å². The predicted molar refractivity (Wildman–Crippen MR) is 111 cm³/mol. The van der Waals surface area contributed by atoms with Crippen LogP contribution < -0.4 is 5.73 Å². The fraction of sp³-hybridized carbons (Fsp3) is 1.00. The van der Waals surface area contributed by atoms with Crippen molar-refractivity contribution >= 4 is 19.5 Å². The molecule has 4 atom stereocenters. The molecule has 2 N–H and O–H groups in total. The zero-order valence-electron chi connectivity index (χ0n) is 18.0. The van der Waals surface area contributed by atoms with Gasteiger partial charge in [-0.05, 0) is 61.3 Å². The van der Waals surface area contributed by atoms with E-state index < -0.39 is 25.1 Å². The minimum Gasteiger partial charge on any atom is -0.419 e. The Kier molecular flexibility index (Phi) is 12.7. The van der Waals surface area contributed by atoms with Crippen LogP contribution in [0.3, 0.4) is 0 Å². The van der Waals surface area contributed by atoms with Crippen LogP contribution in [0.5, 0.6) is 0 Å². The van der Waals surface area contributed by atoms with Gasteiger partial charge in [-0.25, -0.2) is 0 Å². The first-order chi connectivity index (χ1) is 11.5. The summed E-state index contributed by atoms with van der Waals surface area (Å²) in [6.45, 7) is 18.7. The molecule has 0 bridgehead atoms. The van der Waals surface area contributed by atoms with Crippen molar-refractivity contribution in [1.82, 2.24) is 0 Å². The Morgan fingerprint density at radius 2 is 1.08 bits per heavy atom. The first-order valence-corrected chi connectivity index (χ1v) is 12.7. The van der Waals surface area contributed by atoms with Crippen LogP contribution in [0.1, 0.15) is 75.2 Å². The summed E-state index contributed by atoms with van der Waals surface area (Å²) in [5.74, 6) is 0. The minimum absolute atomic E-state index is 0.0964. The third kappa shape index (κ3) is 10.2. The fourth-order valence-electron chi connectivity index (χ4n) is 2.31. The van der Waals surface area contributed by atoms with Crippen LogP contribution in [0.15, 0.2) is 0 Å². The molecule has 0 rings (SSSR count). The van der Waals surface area contributed by atoms with Gasteiger partial charge >= 0.3 is 0 Å². The smallest absolute Gasteiger partial charge is 0.190 e. The van der Waals surface area contributed by atoms with Gasteiger partial charge in [-0.2, -0.15) is 0 Å². The van der Waals surface area contributed by atoms with E-state index in [1.54, 1.807) is 0 Å². The average molecular weight is 394 g/mol. The lowest BCUT2D eigenvalue weighted by Gasteiger charge is -2.40. The van der Waals surface area contributed by atoms with Crippen molar-refractivity contribution in [1.29, 1.82) is 0 Å². The molecule has 0 saturated carbocycles. The number of hydrogen-bond donors (Lipinski definition) is 1. The van der Waals surface area contributed by atoms with E-state index in [-0.39, 0.29) is 35.9 Å². The minimum atomic E-state index is -0.723. The predicted octanol–water partition coefficient (Wildman–Crippen LogP) is 2.00. The van der Waals surface area contributed by atoms with Crippen molar-refractivity contribution in [2.75, 3.05) is 0 Å². The van der Waals surface area contributed by atoms with Crippen molar-refractivity contribution in [3.63, 3.8) is 0 Å². The van der Waals surface area contributed by atoms with Gasteiger partial charge in [-0.3, -0.25) is 0 Å². The molecule has 0 aliphatic carbocycles. The lowest BCUT2D eigenvalue weighted by atomic mass is 9.91. The monoisotopic (exact) mass is 393 g/mol. The molecule has 4 unspecified atom stereocenters.